The number of para-hydroxylation sites is 2. The number of rotatable bonds is 7. The van der Waals surface area contributed by atoms with Crippen LogP contribution in [0.25, 0.3) is 66.1 Å². The Bertz CT molecular complexity index is 3670. The predicted octanol–water partition coefficient (Wildman–Crippen LogP) is 14.7. The molecule has 3 unspecified atom stereocenters. The summed E-state index contributed by atoms with van der Waals surface area (Å²) in [6, 6.07) is 68.6. The normalized spacial score (nSPS) is 17.3. The molecule has 3 aliphatic rings. The molecule has 3 atom stereocenters. The summed E-state index contributed by atoms with van der Waals surface area (Å²) in [6.45, 7) is 2.39. The molecule has 0 saturated carbocycles. The summed E-state index contributed by atoms with van der Waals surface area (Å²) in [5.41, 5.74) is 17.3. The maximum atomic E-state index is 5.28. The average molecular weight is 850 g/mol. The lowest BCUT2D eigenvalue weighted by atomic mass is 9.72. The van der Waals surface area contributed by atoms with Crippen molar-refractivity contribution in [2.75, 3.05) is 0 Å². The Balaban J connectivity index is 0.878. The van der Waals surface area contributed by atoms with Gasteiger partial charge in [-0.2, -0.15) is 0 Å². The fourth-order valence-electron chi connectivity index (χ4n) is 11.2. The molecular weight excluding hydrogens is 803 g/mol. The number of aliphatic imine (C=N–C) groups is 2. The van der Waals surface area contributed by atoms with E-state index in [1.54, 1.807) is 0 Å². The molecule has 0 fully saturated rings. The second kappa shape index (κ2) is 15.6. The van der Waals surface area contributed by atoms with Crippen LogP contribution in [0.2, 0.25) is 0 Å². The topological polar surface area (TPSA) is 46.6 Å². The van der Waals surface area contributed by atoms with Gasteiger partial charge in [0.1, 0.15) is 12.0 Å². The molecule has 13 rings (SSSR count). The largest absolute Gasteiger partial charge is 0.344 e. The van der Waals surface area contributed by atoms with Gasteiger partial charge in [0, 0.05) is 44.1 Å². The van der Waals surface area contributed by atoms with E-state index in [0.717, 1.165) is 53.3 Å². The van der Waals surface area contributed by atoms with Crippen LogP contribution in [0.5, 0.6) is 0 Å². The molecule has 2 aromatic heterocycles. The molecule has 1 aliphatic heterocycles. The van der Waals surface area contributed by atoms with Crippen molar-refractivity contribution in [2.45, 2.75) is 44.2 Å². The van der Waals surface area contributed by atoms with E-state index in [1.807, 2.05) is 6.07 Å². The molecule has 1 N–H and O–H groups in total. The fraction of sp³-hybridized carbons (Fsp3) is 0.115. The maximum Gasteiger partial charge on any atom is 0.159 e. The van der Waals surface area contributed by atoms with E-state index >= 15 is 0 Å². The quantitative estimate of drug-likeness (QED) is 0.171. The second-order valence-electron chi connectivity index (χ2n) is 18.1. The third kappa shape index (κ3) is 6.22. The number of benzene rings is 8. The number of nitrogens with zero attached hydrogens (tertiary/aromatic N) is 4. The van der Waals surface area contributed by atoms with E-state index in [2.05, 4.69) is 222 Å². The van der Waals surface area contributed by atoms with E-state index in [0.29, 0.717) is 5.92 Å². The summed E-state index contributed by atoms with van der Waals surface area (Å²) < 4.78 is 4.96. The summed E-state index contributed by atoms with van der Waals surface area (Å²) in [4.78, 5) is 10.5. The van der Waals surface area contributed by atoms with E-state index in [1.165, 1.54) is 77.1 Å². The predicted molar refractivity (Wildman–Crippen MR) is 275 cm³/mol. The Hall–Kier alpha value is -8.02. The minimum atomic E-state index is -0.337. The molecule has 2 aliphatic carbocycles. The van der Waals surface area contributed by atoms with Crippen LogP contribution in [-0.4, -0.2) is 20.8 Å². The number of amidine groups is 2. The Labute approximate surface area is 384 Å². The van der Waals surface area contributed by atoms with Gasteiger partial charge in [-0.05, 0) is 107 Å². The van der Waals surface area contributed by atoms with Crippen LogP contribution < -0.4 is 5.32 Å². The zero-order valence-electron chi connectivity index (χ0n) is 36.8. The third-order valence-corrected chi connectivity index (χ3v) is 14.4. The average Bonchev–Trinajstić information content (AvgIpc) is 3.92. The lowest BCUT2D eigenvalue weighted by Gasteiger charge is -2.32. The van der Waals surface area contributed by atoms with Gasteiger partial charge in [-0.1, -0.05) is 171 Å². The molecule has 316 valence electrons. The van der Waals surface area contributed by atoms with E-state index in [9.17, 15) is 0 Å². The third-order valence-electron chi connectivity index (χ3n) is 14.4. The molecule has 5 heteroatoms. The molecule has 0 bridgehead atoms. The number of fused-ring (bicyclic) bond motifs is 10. The molecule has 0 saturated heterocycles. The maximum absolute atomic E-state index is 5.28. The highest BCUT2D eigenvalue weighted by Crippen LogP contribution is 2.46. The minimum absolute atomic E-state index is 0.288. The molecule has 3 heterocycles. The lowest BCUT2D eigenvalue weighted by Crippen LogP contribution is -2.33. The summed E-state index contributed by atoms with van der Waals surface area (Å²) in [6.07, 6.45) is 9.49. The highest BCUT2D eigenvalue weighted by Gasteiger charge is 2.30. The van der Waals surface area contributed by atoms with Crippen LogP contribution in [-0.2, 0) is 6.42 Å². The second-order valence-corrected chi connectivity index (χ2v) is 18.1. The highest BCUT2D eigenvalue weighted by atomic mass is 15.2. The molecule has 0 spiro atoms. The van der Waals surface area contributed by atoms with E-state index in [-0.39, 0.29) is 12.1 Å². The van der Waals surface area contributed by atoms with Gasteiger partial charge in [0.25, 0.3) is 0 Å². The van der Waals surface area contributed by atoms with E-state index in [4.69, 9.17) is 9.98 Å². The van der Waals surface area contributed by atoms with Crippen LogP contribution in [0.3, 0.4) is 0 Å². The van der Waals surface area contributed by atoms with Gasteiger partial charge >= 0.3 is 0 Å². The Morgan fingerprint density at radius 3 is 2.17 bits per heavy atom. The van der Waals surface area contributed by atoms with Crippen molar-refractivity contribution in [3.63, 3.8) is 0 Å². The first-order valence-corrected chi connectivity index (χ1v) is 23.3. The monoisotopic (exact) mass is 849 g/mol. The van der Waals surface area contributed by atoms with Gasteiger partial charge in [-0.25, -0.2) is 9.98 Å². The first-order chi connectivity index (χ1) is 32.7. The van der Waals surface area contributed by atoms with Crippen molar-refractivity contribution < 1.29 is 0 Å². The molecule has 10 aromatic rings. The van der Waals surface area contributed by atoms with Crippen molar-refractivity contribution in [1.29, 1.82) is 0 Å². The van der Waals surface area contributed by atoms with Gasteiger partial charge in [0.05, 0.1) is 22.1 Å². The summed E-state index contributed by atoms with van der Waals surface area (Å²) in [5.74, 6) is 2.19. The Morgan fingerprint density at radius 1 is 0.606 bits per heavy atom. The first-order valence-electron chi connectivity index (χ1n) is 23.3. The smallest absolute Gasteiger partial charge is 0.159 e. The van der Waals surface area contributed by atoms with Gasteiger partial charge in [0.2, 0.25) is 0 Å². The standard InChI is InChI=1S/C61H47N5/c1-39(53-38-43-19-8-9-24-47(43)48-25-10-11-26-49(48)53)42-20-16-21-44(37-42)61-63-59(40-17-4-2-5-18-40)62-60(64-61)41-31-33-46(34-32-41)65-55-30-15-13-28-52(55)57-56(65)36-35-51-50-27-12-14-29-54(50)66(58(51)57)45-22-6-3-7-23-45/h2-6,8-22,24-37,39,53,60H,7,23,38H2,1H3,(H,62,63,64). The van der Waals surface area contributed by atoms with Gasteiger partial charge in [-0.3, -0.25) is 0 Å². The zero-order chi connectivity index (χ0) is 43.7. The molecular formula is C61H47N5. The van der Waals surface area contributed by atoms with E-state index < -0.39 is 0 Å². The Kier molecular flexibility index (Phi) is 9.09. The lowest BCUT2D eigenvalue weighted by molar-refractivity contribution is 0.568. The van der Waals surface area contributed by atoms with Crippen LogP contribution >= 0.6 is 0 Å². The van der Waals surface area contributed by atoms with Crippen LogP contribution in [0.1, 0.15) is 71.1 Å². The van der Waals surface area contributed by atoms with Crippen LogP contribution in [0.15, 0.2) is 216 Å². The van der Waals surface area contributed by atoms with Crippen LogP contribution in [0.4, 0.5) is 0 Å². The summed E-state index contributed by atoms with van der Waals surface area (Å²) in [5, 5.41) is 8.88. The number of nitrogens with one attached hydrogen (secondary N) is 1. The summed E-state index contributed by atoms with van der Waals surface area (Å²) in [7, 11) is 0. The number of hydrogen-bond acceptors (Lipinski definition) is 3. The van der Waals surface area contributed by atoms with Crippen molar-refractivity contribution in [3.05, 3.63) is 240 Å². The molecule has 8 aromatic carbocycles. The van der Waals surface area contributed by atoms with Gasteiger partial charge < -0.3 is 14.5 Å². The molecule has 0 radical (unpaired) electrons. The molecule has 5 nitrogen and oxygen atoms in total. The first kappa shape index (κ1) is 38.4. The van der Waals surface area contributed by atoms with Crippen molar-refractivity contribution in [1.82, 2.24) is 14.5 Å². The van der Waals surface area contributed by atoms with Crippen molar-refractivity contribution in [3.8, 4) is 16.8 Å². The van der Waals surface area contributed by atoms with Crippen LogP contribution in [0, 0.1) is 0 Å². The Morgan fingerprint density at radius 2 is 1.33 bits per heavy atom. The van der Waals surface area contributed by atoms with Crippen molar-refractivity contribution >= 4 is 61.0 Å². The van der Waals surface area contributed by atoms with Gasteiger partial charge in [-0.15, -0.1) is 0 Å². The number of hydrogen-bond donors (Lipinski definition) is 1. The fourth-order valence-corrected chi connectivity index (χ4v) is 11.2. The molecule has 0 amide bonds. The minimum Gasteiger partial charge on any atom is -0.344 e. The SMILES string of the molecule is CC(c1cccc(C2=NC(c3ccccc3)=NC(c3ccc(-n4c5ccccc5c5c6c(ccc54)c4ccccc4n6C4=CC=CCC4)cc3)N2)c1)C1Cc2ccccc2-c2ccccc21. The van der Waals surface area contributed by atoms with Gasteiger partial charge in [0.15, 0.2) is 5.84 Å². The number of aromatic nitrogens is 2. The highest BCUT2D eigenvalue weighted by molar-refractivity contribution is 6.26. The van der Waals surface area contributed by atoms with Crippen molar-refractivity contribution in [2.24, 2.45) is 9.98 Å². The molecule has 66 heavy (non-hydrogen) atoms. The summed E-state index contributed by atoms with van der Waals surface area (Å²) >= 11 is 0. The number of allylic oxidation sites excluding steroid dienone is 4. The zero-order valence-corrected chi connectivity index (χ0v) is 36.8.